The number of amides is 5. The second kappa shape index (κ2) is 22.9. The van der Waals surface area contributed by atoms with Gasteiger partial charge in [0.25, 0.3) is 5.91 Å². The average molecular weight is 913 g/mol. The number of thiophene rings is 1. The largest absolute Gasteiger partial charge is 0.378 e. The second-order valence-corrected chi connectivity index (χ2v) is 17.9. The molecular formula is C42H58ClN11O8S. The summed E-state index contributed by atoms with van der Waals surface area (Å²) in [5.74, 6) is 0.0701. The summed E-state index contributed by atoms with van der Waals surface area (Å²) < 4.78 is 18.6. The SMILES string of the molecule is Cn1ncc(-c2nc(NC3CCC(NCC(=O)NCCOCCOCCOCCNCC(=O)NCc4cc5c(s4)C(=O)N(C4CCC(=O)NC4=O)C5)CC3)ncc2Cl)c1CC1CC1. The Balaban J connectivity index is 0.639. The third-order valence-corrected chi connectivity index (χ3v) is 13.0. The number of carbonyl (C=O) groups excluding carboxylic acids is 5. The molecule has 1 atom stereocenters. The zero-order valence-corrected chi connectivity index (χ0v) is 37.3. The lowest BCUT2D eigenvalue weighted by Gasteiger charge is -2.29. The van der Waals surface area contributed by atoms with Crippen LogP contribution in [0.2, 0.25) is 5.02 Å². The molecule has 5 heterocycles. The molecule has 3 aromatic heterocycles. The van der Waals surface area contributed by atoms with Crippen molar-refractivity contribution in [1.82, 2.24) is 51.2 Å². The molecule has 0 radical (unpaired) electrons. The number of carbonyl (C=O) groups is 5. The Morgan fingerprint density at radius 3 is 2.33 bits per heavy atom. The quantitative estimate of drug-likeness (QED) is 0.0525. The summed E-state index contributed by atoms with van der Waals surface area (Å²) in [5, 5.41) is 23.0. The number of aromatic nitrogens is 4. The standard InChI is InChI=1S/C42H58ClN11O8S/c1-53-34(18-26-2-3-26)31(21-49-53)38-32(43)22-48-42(52-38)50-29-6-4-28(5-7-29)46-24-37(57)45-11-13-61-15-17-62-16-14-60-12-10-44-23-36(56)47-20-30-19-27-25-54(41(59)39(27)63-30)33-8-9-35(55)51-40(33)58/h19,21-22,26,28-29,33,44,46H,2-18,20,23-25H2,1H3,(H,45,57)(H,47,56)(H,48,50,52)(H,51,55,58). The Morgan fingerprint density at radius 1 is 0.889 bits per heavy atom. The average Bonchev–Trinajstić information content (AvgIpc) is 3.79. The fraction of sp³-hybridized carbons (Fsp3) is 0.619. The van der Waals surface area contributed by atoms with Crippen LogP contribution in [-0.4, -0.2) is 138 Å². The first kappa shape index (κ1) is 46.4. The Labute approximate surface area is 375 Å². The van der Waals surface area contributed by atoms with Crippen molar-refractivity contribution in [2.24, 2.45) is 13.0 Å². The van der Waals surface area contributed by atoms with E-state index in [9.17, 15) is 24.0 Å². The highest BCUT2D eigenvalue weighted by Crippen LogP contribution is 2.37. The number of hydrogen-bond donors (Lipinski definition) is 6. The van der Waals surface area contributed by atoms with Crippen LogP contribution in [0.3, 0.4) is 0 Å². The van der Waals surface area contributed by atoms with Gasteiger partial charge in [-0.15, -0.1) is 11.3 Å². The van der Waals surface area contributed by atoms with E-state index in [0.29, 0.717) is 99.7 Å². The van der Waals surface area contributed by atoms with Gasteiger partial charge in [-0.3, -0.25) is 34.0 Å². The lowest BCUT2D eigenvalue weighted by Crippen LogP contribution is -2.52. The normalized spacial score (nSPS) is 19.9. The van der Waals surface area contributed by atoms with E-state index in [2.05, 4.69) is 42.0 Å². The van der Waals surface area contributed by atoms with Crippen LogP contribution in [0.4, 0.5) is 5.95 Å². The monoisotopic (exact) mass is 911 g/mol. The smallest absolute Gasteiger partial charge is 0.265 e. The molecule has 1 unspecified atom stereocenters. The minimum Gasteiger partial charge on any atom is -0.378 e. The van der Waals surface area contributed by atoms with Crippen molar-refractivity contribution in [2.75, 3.05) is 71.1 Å². The van der Waals surface area contributed by atoms with E-state index in [1.165, 1.54) is 29.1 Å². The lowest BCUT2D eigenvalue weighted by atomic mass is 9.91. The molecule has 1 saturated heterocycles. The first-order chi connectivity index (χ1) is 30.6. The van der Waals surface area contributed by atoms with Gasteiger partial charge in [0.2, 0.25) is 29.6 Å². The predicted molar refractivity (Wildman–Crippen MR) is 234 cm³/mol. The van der Waals surface area contributed by atoms with E-state index >= 15 is 0 Å². The third-order valence-electron chi connectivity index (χ3n) is 11.6. The van der Waals surface area contributed by atoms with E-state index in [0.717, 1.165) is 53.8 Å². The molecule has 6 N–H and O–H groups in total. The van der Waals surface area contributed by atoms with Crippen molar-refractivity contribution in [1.29, 1.82) is 0 Å². The molecule has 0 spiro atoms. The van der Waals surface area contributed by atoms with Gasteiger partial charge in [0.1, 0.15) is 6.04 Å². The molecule has 5 amide bonds. The zero-order chi connectivity index (χ0) is 44.1. The highest BCUT2D eigenvalue weighted by molar-refractivity contribution is 7.14. The molecule has 3 aromatic rings. The number of halogens is 1. The number of piperidine rings is 1. The van der Waals surface area contributed by atoms with E-state index in [-0.39, 0.29) is 55.2 Å². The van der Waals surface area contributed by atoms with Crippen LogP contribution in [0.25, 0.3) is 11.3 Å². The summed E-state index contributed by atoms with van der Waals surface area (Å²) in [6.45, 7) is 4.33. The first-order valence-corrected chi connectivity index (χ1v) is 23.1. The third kappa shape index (κ3) is 13.5. The maximum absolute atomic E-state index is 12.9. The summed E-state index contributed by atoms with van der Waals surface area (Å²) >= 11 is 7.86. The molecule has 19 nitrogen and oxygen atoms in total. The van der Waals surface area contributed by atoms with Gasteiger partial charge in [0.05, 0.1) is 87.3 Å². The number of fused-ring (bicyclic) bond motifs is 1. The Kier molecular flexibility index (Phi) is 16.8. The van der Waals surface area contributed by atoms with Crippen LogP contribution in [0.1, 0.15) is 77.2 Å². The summed E-state index contributed by atoms with van der Waals surface area (Å²) in [5.41, 5.74) is 3.67. The van der Waals surface area contributed by atoms with Crippen molar-refractivity contribution in [3.05, 3.63) is 44.5 Å². The van der Waals surface area contributed by atoms with Crippen LogP contribution >= 0.6 is 22.9 Å². The highest BCUT2D eigenvalue weighted by Gasteiger charge is 2.40. The number of imide groups is 1. The van der Waals surface area contributed by atoms with E-state index in [1.807, 2.05) is 24.0 Å². The van der Waals surface area contributed by atoms with Gasteiger partial charge in [-0.25, -0.2) is 9.97 Å². The highest BCUT2D eigenvalue weighted by atomic mass is 35.5. The topological polar surface area (TPSA) is 232 Å². The number of rotatable bonds is 25. The van der Waals surface area contributed by atoms with Gasteiger partial charge in [0, 0.05) is 61.3 Å². The minimum atomic E-state index is -0.640. The van der Waals surface area contributed by atoms with Crippen molar-refractivity contribution in [3.8, 4) is 11.3 Å². The van der Waals surface area contributed by atoms with Gasteiger partial charge < -0.3 is 45.7 Å². The van der Waals surface area contributed by atoms with Gasteiger partial charge in [0.15, 0.2) is 0 Å². The molecule has 0 aromatic carbocycles. The first-order valence-electron chi connectivity index (χ1n) is 21.9. The molecule has 21 heteroatoms. The number of nitrogens with zero attached hydrogens (tertiary/aromatic N) is 5. The van der Waals surface area contributed by atoms with Gasteiger partial charge >= 0.3 is 0 Å². The molecule has 2 aliphatic heterocycles. The van der Waals surface area contributed by atoms with Crippen molar-refractivity contribution < 1.29 is 38.2 Å². The van der Waals surface area contributed by atoms with Crippen molar-refractivity contribution >= 4 is 58.4 Å². The van der Waals surface area contributed by atoms with Gasteiger partial charge in [-0.05, 0) is 68.9 Å². The predicted octanol–water partition coefficient (Wildman–Crippen LogP) is 1.69. The lowest BCUT2D eigenvalue weighted by molar-refractivity contribution is -0.137. The number of aryl methyl sites for hydroxylation is 1. The molecule has 7 rings (SSSR count). The summed E-state index contributed by atoms with van der Waals surface area (Å²) in [6.07, 6.45) is 11.3. The Hall–Kier alpha value is -4.57. The van der Waals surface area contributed by atoms with Crippen LogP contribution in [0.15, 0.2) is 18.5 Å². The maximum atomic E-state index is 12.9. The van der Waals surface area contributed by atoms with Crippen LogP contribution < -0.4 is 31.9 Å². The Morgan fingerprint density at radius 2 is 1.60 bits per heavy atom. The molecule has 2 aliphatic carbocycles. The number of ether oxygens (including phenoxy) is 3. The minimum absolute atomic E-state index is 0.0660. The summed E-state index contributed by atoms with van der Waals surface area (Å²) in [6, 6.07) is 1.75. The van der Waals surface area contributed by atoms with Crippen LogP contribution in [0, 0.1) is 5.92 Å². The molecule has 3 fully saturated rings. The van der Waals surface area contributed by atoms with Crippen LogP contribution in [-0.2, 0) is 59.9 Å². The van der Waals surface area contributed by atoms with Crippen LogP contribution in [0.5, 0.6) is 0 Å². The van der Waals surface area contributed by atoms with E-state index in [4.69, 9.17) is 30.8 Å². The molecule has 4 aliphatic rings. The number of nitrogens with one attached hydrogen (secondary N) is 6. The van der Waals surface area contributed by atoms with E-state index < -0.39 is 11.9 Å². The number of anilines is 1. The maximum Gasteiger partial charge on any atom is 0.265 e. The van der Waals surface area contributed by atoms with Gasteiger partial charge in [-0.2, -0.15) is 5.10 Å². The van der Waals surface area contributed by atoms with Crippen molar-refractivity contribution in [3.63, 3.8) is 0 Å². The molecule has 63 heavy (non-hydrogen) atoms. The molecule has 2 saturated carbocycles. The Bertz CT molecular complexity index is 2070. The van der Waals surface area contributed by atoms with Gasteiger partial charge in [-0.1, -0.05) is 11.6 Å². The molecular weight excluding hydrogens is 854 g/mol. The molecule has 342 valence electrons. The number of hydrogen-bond acceptors (Lipinski definition) is 15. The summed E-state index contributed by atoms with van der Waals surface area (Å²) in [7, 11) is 1.97. The fourth-order valence-electron chi connectivity index (χ4n) is 7.94. The molecule has 0 bridgehead atoms. The zero-order valence-electron chi connectivity index (χ0n) is 35.7. The van der Waals surface area contributed by atoms with Crippen molar-refractivity contribution in [2.45, 2.75) is 89.0 Å². The summed E-state index contributed by atoms with van der Waals surface area (Å²) in [4.78, 5) is 73.5. The fourth-order valence-corrected chi connectivity index (χ4v) is 9.19. The van der Waals surface area contributed by atoms with E-state index in [1.54, 1.807) is 6.20 Å². The second-order valence-electron chi connectivity index (χ2n) is 16.3.